The van der Waals surface area contributed by atoms with Crippen LogP contribution in [0.5, 0.6) is 5.75 Å². The summed E-state index contributed by atoms with van der Waals surface area (Å²) in [5.41, 5.74) is 2.13. The number of carbonyl (C=O) groups excluding carboxylic acids is 1. The van der Waals surface area contributed by atoms with Crippen LogP contribution in [0.2, 0.25) is 0 Å². The smallest absolute Gasteiger partial charge is 0.307 e. The van der Waals surface area contributed by atoms with Crippen molar-refractivity contribution in [2.75, 3.05) is 32.8 Å². The Morgan fingerprint density at radius 1 is 1.07 bits per heavy atom. The molecule has 1 N–H and O–H groups in total. The molecule has 5 heteroatoms. The predicted octanol–water partition coefficient (Wildman–Crippen LogP) is 3.61. The molecule has 3 fully saturated rings. The predicted molar refractivity (Wildman–Crippen MR) is 116 cm³/mol. The number of carbonyl (C=O) groups is 1. The first-order valence-corrected chi connectivity index (χ1v) is 11.0. The molecule has 5 nitrogen and oxygen atoms in total. The van der Waals surface area contributed by atoms with E-state index in [-0.39, 0.29) is 24.6 Å². The molecule has 2 atom stereocenters. The van der Waals surface area contributed by atoms with Crippen LogP contribution >= 0.6 is 0 Å². The number of hydrogen-bond acceptors (Lipinski definition) is 5. The van der Waals surface area contributed by atoms with Gasteiger partial charge >= 0.3 is 5.97 Å². The lowest BCUT2D eigenvalue weighted by Gasteiger charge is -2.44. The number of aliphatic hydroxyl groups excluding tert-OH is 1. The molecule has 0 aromatic heterocycles. The molecule has 2 bridgehead atoms. The summed E-state index contributed by atoms with van der Waals surface area (Å²) in [5.74, 6) is 1.06. The van der Waals surface area contributed by atoms with Gasteiger partial charge in [0.2, 0.25) is 0 Å². The van der Waals surface area contributed by atoms with Gasteiger partial charge in [-0.1, -0.05) is 42.5 Å². The number of fused-ring (bicyclic) bond motifs is 3. The fraction of sp³-hybridized carbons (Fsp3) is 0.480. The van der Waals surface area contributed by atoms with Gasteiger partial charge in [0.05, 0.1) is 13.0 Å². The number of esters is 1. The summed E-state index contributed by atoms with van der Waals surface area (Å²) in [6.07, 6.45) is 3.20. The summed E-state index contributed by atoms with van der Waals surface area (Å²) in [5, 5.41) is 8.97. The highest BCUT2D eigenvalue weighted by Gasteiger charge is 2.36. The first kappa shape index (κ1) is 20.9. The zero-order valence-electron chi connectivity index (χ0n) is 17.4. The van der Waals surface area contributed by atoms with E-state index < -0.39 is 0 Å². The highest BCUT2D eigenvalue weighted by Crippen LogP contribution is 2.33. The molecule has 30 heavy (non-hydrogen) atoms. The van der Waals surface area contributed by atoms with Crippen molar-refractivity contribution in [2.24, 2.45) is 5.92 Å². The van der Waals surface area contributed by atoms with Crippen LogP contribution in [0, 0.1) is 5.92 Å². The lowest BCUT2D eigenvalue weighted by Crippen LogP contribution is -2.52. The summed E-state index contributed by atoms with van der Waals surface area (Å²) >= 11 is 0. The largest absolute Gasteiger partial charge is 0.493 e. The quantitative estimate of drug-likeness (QED) is 0.507. The molecule has 5 rings (SSSR count). The van der Waals surface area contributed by atoms with Gasteiger partial charge in [0.15, 0.2) is 0 Å². The third-order valence-electron chi connectivity index (χ3n) is 6.28. The normalized spacial score (nSPS) is 23.7. The Morgan fingerprint density at radius 2 is 1.83 bits per heavy atom. The van der Waals surface area contributed by atoms with E-state index in [1.165, 1.54) is 0 Å². The lowest BCUT2D eigenvalue weighted by molar-refractivity contribution is -0.159. The van der Waals surface area contributed by atoms with E-state index in [1.807, 2.05) is 42.5 Å². The summed E-state index contributed by atoms with van der Waals surface area (Å²) in [7, 11) is 0. The van der Waals surface area contributed by atoms with Crippen LogP contribution in [0.3, 0.4) is 0 Å². The number of rotatable bonds is 9. The second-order valence-corrected chi connectivity index (χ2v) is 8.33. The molecule has 2 aromatic carbocycles. The molecule has 3 heterocycles. The van der Waals surface area contributed by atoms with E-state index in [0.29, 0.717) is 25.4 Å². The maximum atomic E-state index is 12.9. The fourth-order valence-electron chi connectivity index (χ4n) is 4.62. The SMILES string of the molecule is O=C(CC(c1ccccc1)c1cccc(OCCCO)c1)O[C@H]1CN2CCC1CC2. The Hall–Kier alpha value is -2.37. The molecule has 2 aromatic rings. The Kier molecular flexibility index (Phi) is 7.03. The minimum atomic E-state index is -0.130. The monoisotopic (exact) mass is 409 g/mol. The molecule has 1 unspecified atom stereocenters. The molecule has 0 saturated carbocycles. The van der Waals surface area contributed by atoms with E-state index in [0.717, 1.165) is 49.4 Å². The van der Waals surface area contributed by atoms with Crippen LogP contribution < -0.4 is 4.74 Å². The van der Waals surface area contributed by atoms with Gasteiger partial charge in [-0.3, -0.25) is 9.69 Å². The van der Waals surface area contributed by atoms with Crippen LogP contribution in [0.1, 0.15) is 42.7 Å². The fourth-order valence-corrected chi connectivity index (χ4v) is 4.62. The van der Waals surface area contributed by atoms with Crippen LogP contribution in [-0.4, -0.2) is 54.9 Å². The third-order valence-corrected chi connectivity index (χ3v) is 6.28. The topological polar surface area (TPSA) is 59.0 Å². The Morgan fingerprint density at radius 3 is 2.53 bits per heavy atom. The molecule has 0 aliphatic carbocycles. The first-order valence-electron chi connectivity index (χ1n) is 11.0. The van der Waals surface area contributed by atoms with Crippen molar-refractivity contribution in [1.82, 2.24) is 4.90 Å². The Balaban J connectivity index is 1.48. The summed E-state index contributed by atoms with van der Waals surface area (Å²) in [6, 6.07) is 18.0. The van der Waals surface area contributed by atoms with Crippen LogP contribution in [0.15, 0.2) is 54.6 Å². The van der Waals surface area contributed by atoms with Crippen LogP contribution in [0.25, 0.3) is 0 Å². The summed E-state index contributed by atoms with van der Waals surface area (Å²) in [6.45, 7) is 3.72. The van der Waals surface area contributed by atoms with Gasteiger partial charge in [-0.15, -0.1) is 0 Å². The van der Waals surface area contributed by atoms with E-state index in [4.69, 9.17) is 14.6 Å². The number of nitrogens with zero attached hydrogens (tertiary/aromatic N) is 1. The molecule has 3 aliphatic rings. The Labute approximate surface area is 178 Å². The molecule has 0 radical (unpaired) electrons. The van der Waals surface area contributed by atoms with Crippen molar-refractivity contribution in [1.29, 1.82) is 0 Å². The van der Waals surface area contributed by atoms with Gasteiger partial charge in [-0.05, 0) is 55.1 Å². The highest BCUT2D eigenvalue weighted by atomic mass is 16.5. The van der Waals surface area contributed by atoms with Crippen molar-refractivity contribution in [2.45, 2.75) is 37.7 Å². The van der Waals surface area contributed by atoms with Crippen molar-refractivity contribution < 1.29 is 19.4 Å². The number of piperidine rings is 3. The molecular formula is C25H31NO4. The second-order valence-electron chi connectivity index (χ2n) is 8.33. The molecule has 160 valence electrons. The Bertz CT molecular complexity index is 817. The minimum absolute atomic E-state index is 0.0320. The number of aliphatic hydroxyl groups is 1. The third kappa shape index (κ3) is 5.21. The van der Waals surface area contributed by atoms with Gasteiger partial charge in [0, 0.05) is 25.5 Å². The lowest BCUT2D eigenvalue weighted by atomic mass is 9.85. The minimum Gasteiger partial charge on any atom is -0.493 e. The second kappa shape index (κ2) is 10.1. The van der Waals surface area contributed by atoms with Gasteiger partial charge in [-0.2, -0.15) is 0 Å². The van der Waals surface area contributed by atoms with Gasteiger partial charge in [-0.25, -0.2) is 0 Å². The standard InChI is InChI=1S/C25H31NO4/c27-14-5-15-29-22-9-4-8-21(16-22)23(19-6-2-1-3-7-19)17-25(28)30-24-18-26-12-10-20(24)11-13-26/h1-4,6-9,16,20,23-24,27H,5,10-15,17-18H2/t23?,24-/m0/s1. The van der Waals surface area contributed by atoms with Gasteiger partial charge < -0.3 is 14.6 Å². The van der Waals surface area contributed by atoms with Crippen molar-refractivity contribution >= 4 is 5.97 Å². The molecule has 3 saturated heterocycles. The van der Waals surface area contributed by atoms with Crippen molar-refractivity contribution in [3.8, 4) is 5.75 Å². The molecular weight excluding hydrogens is 378 g/mol. The van der Waals surface area contributed by atoms with E-state index in [2.05, 4.69) is 17.0 Å². The van der Waals surface area contributed by atoms with Crippen molar-refractivity contribution in [3.63, 3.8) is 0 Å². The van der Waals surface area contributed by atoms with Crippen LogP contribution in [-0.2, 0) is 9.53 Å². The molecule has 3 aliphatic heterocycles. The van der Waals surface area contributed by atoms with Crippen molar-refractivity contribution in [3.05, 3.63) is 65.7 Å². The van der Waals surface area contributed by atoms with E-state index in [1.54, 1.807) is 0 Å². The average Bonchev–Trinajstić information content (AvgIpc) is 2.79. The average molecular weight is 410 g/mol. The number of ether oxygens (including phenoxy) is 2. The van der Waals surface area contributed by atoms with Crippen LogP contribution in [0.4, 0.5) is 0 Å². The van der Waals surface area contributed by atoms with E-state index in [9.17, 15) is 4.79 Å². The number of benzene rings is 2. The summed E-state index contributed by atoms with van der Waals surface area (Å²) < 4.78 is 11.7. The van der Waals surface area contributed by atoms with Gasteiger partial charge in [0.25, 0.3) is 0 Å². The maximum absolute atomic E-state index is 12.9. The maximum Gasteiger partial charge on any atom is 0.307 e. The molecule has 0 spiro atoms. The zero-order valence-corrected chi connectivity index (χ0v) is 17.4. The summed E-state index contributed by atoms with van der Waals surface area (Å²) in [4.78, 5) is 15.3. The van der Waals surface area contributed by atoms with Gasteiger partial charge in [0.1, 0.15) is 11.9 Å². The molecule has 0 amide bonds. The highest BCUT2D eigenvalue weighted by molar-refractivity contribution is 5.72. The zero-order chi connectivity index (χ0) is 20.8. The number of hydrogen-bond donors (Lipinski definition) is 1. The first-order chi connectivity index (χ1) is 14.7. The van der Waals surface area contributed by atoms with E-state index >= 15 is 0 Å².